The average molecular weight is 225 g/mol. The molecule has 0 spiro atoms. The van der Waals surface area contributed by atoms with Crippen LogP contribution in [-0.4, -0.2) is 33.5 Å². The van der Waals surface area contributed by atoms with Gasteiger partial charge in [-0.05, 0) is 24.7 Å². The van der Waals surface area contributed by atoms with Crippen molar-refractivity contribution in [3.05, 3.63) is 12.2 Å². The van der Waals surface area contributed by atoms with Crippen LogP contribution >= 0.6 is 0 Å². The number of hydrogen-bond acceptors (Lipinski definition) is 4. The molecule has 1 heterocycles. The lowest BCUT2D eigenvalue weighted by molar-refractivity contribution is -0.221. The maximum Gasteiger partial charge on any atom is 0.377 e. The molecule has 2 bridgehead atoms. The molecule has 1 aromatic rings. The van der Waals surface area contributed by atoms with Gasteiger partial charge in [0, 0.05) is 6.54 Å². The molecule has 0 unspecified atom stereocenters. The number of aromatic nitrogens is 3. The van der Waals surface area contributed by atoms with Gasteiger partial charge >= 0.3 is 5.97 Å². The summed E-state index contributed by atoms with van der Waals surface area (Å²) in [4.78, 5) is 15.0. The maximum absolute atomic E-state index is 13.3. The second kappa shape index (κ2) is 2.81. The summed E-state index contributed by atoms with van der Waals surface area (Å²) in [5, 5.41) is 4.00. The molecule has 4 rings (SSSR count). The fourth-order valence-electron chi connectivity index (χ4n) is 2.93. The van der Waals surface area contributed by atoms with Gasteiger partial charge in [-0.25, -0.2) is 14.2 Å². The monoisotopic (exact) mass is 225 g/mol. The summed E-state index contributed by atoms with van der Waals surface area (Å²) in [6, 6.07) is 0. The Morgan fingerprint density at radius 1 is 1.62 bits per heavy atom. The van der Waals surface area contributed by atoms with Crippen molar-refractivity contribution in [3.8, 4) is 0 Å². The number of alkyl halides is 1. The zero-order valence-electron chi connectivity index (χ0n) is 8.94. The first-order chi connectivity index (χ1) is 7.54. The van der Waals surface area contributed by atoms with Crippen LogP contribution in [0.4, 0.5) is 4.39 Å². The highest BCUT2D eigenvalue weighted by molar-refractivity contribution is 5.84. The maximum atomic E-state index is 13.3. The summed E-state index contributed by atoms with van der Waals surface area (Å²) in [6.07, 6.45) is 3.35. The Hall–Kier alpha value is -1.46. The van der Waals surface area contributed by atoms with Crippen LogP contribution in [0.3, 0.4) is 0 Å². The summed E-state index contributed by atoms with van der Waals surface area (Å²) in [5.74, 6) is -0.484. The van der Waals surface area contributed by atoms with E-state index in [9.17, 15) is 9.18 Å². The molecule has 5 nitrogen and oxygen atoms in total. The van der Waals surface area contributed by atoms with Crippen molar-refractivity contribution in [2.75, 3.05) is 7.11 Å². The molecule has 3 aliphatic carbocycles. The third kappa shape index (κ3) is 1.25. The minimum atomic E-state index is -0.897. The van der Waals surface area contributed by atoms with E-state index < -0.39 is 11.6 Å². The molecule has 3 saturated carbocycles. The lowest BCUT2D eigenvalue weighted by Gasteiger charge is -2.65. The molecule has 1 aromatic heterocycles. The number of nitrogens with zero attached hydrogens (tertiary/aromatic N) is 3. The molecule has 3 fully saturated rings. The minimum absolute atomic E-state index is 0.0593. The van der Waals surface area contributed by atoms with Crippen LogP contribution in [0.25, 0.3) is 0 Å². The van der Waals surface area contributed by atoms with Crippen LogP contribution in [-0.2, 0) is 11.3 Å². The Labute approximate surface area is 91.6 Å². The van der Waals surface area contributed by atoms with E-state index in [-0.39, 0.29) is 11.2 Å². The summed E-state index contributed by atoms with van der Waals surface area (Å²) < 4.78 is 19.4. The first-order valence-electron chi connectivity index (χ1n) is 5.21. The summed E-state index contributed by atoms with van der Waals surface area (Å²) in [6.45, 7) is 0.642. The summed E-state index contributed by atoms with van der Waals surface area (Å²) >= 11 is 0. The van der Waals surface area contributed by atoms with E-state index in [0.717, 1.165) is 0 Å². The Bertz CT molecular complexity index is 437. The molecule has 86 valence electrons. The number of ether oxygens (including phenoxy) is 1. The fraction of sp³-hybridized carbons (Fsp3) is 0.700. The second-order valence-corrected chi connectivity index (χ2v) is 4.94. The Morgan fingerprint density at radius 3 is 2.88 bits per heavy atom. The number of carbonyl (C=O) groups excluding carboxylic acids is 1. The van der Waals surface area contributed by atoms with Crippen molar-refractivity contribution in [2.24, 2.45) is 5.41 Å². The molecule has 0 atom stereocenters. The largest absolute Gasteiger partial charge is 0.463 e. The predicted molar refractivity (Wildman–Crippen MR) is 51.5 cm³/mol. The van der Waals surface area contributed by atoms with Crippen molar-refractivity contribution in [3.63, 3.8) is 0 Å². The molecule has 16 heavy (non-hydrogen) atoms. The molecule has 0 amide bonds. The van der Waals surface area contributed by atoms with Crippen LogP contribution in [0, 0.1) is 5.41 Å². The van der Waals surface area contributed by atoms with Crippen LogP contribution < -0.4 is 0 Å². The standard InChI is InChI=1S/C10H12FN3O2/c1-16-8(15)7-12-6-14(13-7)5-9-2-10(11,3-9)4-9/h6H,2-5H2,1H3. The van der Waals surface area contributed by atoms with Gasteiger partial charge in [0.1, 0.15) is 12.0 Å². The topological polar surface area (TPSA) is 57.0 Å². The van der Waals surface area contributed by atoms with E-state index in [2.05, 4.69) is 14.8 Å². The van der Waals surface area contributed by atoms with Gasteiger partial charge in [0.05, 0.1) is 7.11 Å². The molecule has 6 heteroatoms. The first kappa shape index (κ1) is 9.74. The second-order valence-electron chi connectivity index (χ2n) is 4.94. The van der Waals surface area contributed by atoms with E-state index in [4.69, 9.17) is 0 Å². The Morgan fingerprint density at radius 2 is 2.31 bits per heavy atom. The van der Waals surface area contributed by atoms with Gasteiger partial charge in [-0.1, -0.05) is 0 Å². The number of carbonyl (C=O) groups is 1. The lowest BCUT2D eigenvalue weighted by atomic mass is 9.42. The normalized spacial score (nSPS) is 35.1. The van der Waals surface area contributed by atoms with Gasteiger partial charge in [-0.15, -0.1) is 5.10 Å². The van der Waals surface area contributed by atoms with E-state index >= 15 is 0 Å². The van der Waals surface area contributed by atoms with Gasteiger partial charge in [0.15, 0.2) is 0 Å². The number of rotatable bonds is 3. The van der Waals surface area contributed by atoms with Gasteiger partial charge in [0.2, 0.25) is 0 Å². The van der Waals surface area contributed by atoms with E-state index in [0.29, 0.717) is 25.8 Å². The molecule has 0 aromatic carbocycles. The quantitative estimate of drug-likeness (QED) is 0.719. The van der Waals surface area contributed by atoms with Crippen molar-refractivity contribution in [1.82, 2.24) is 14.8 Å². The highest BCUT2D eigenvalue weighted by Crippen LogP contribution is 2.70. The van der Waals surface area contributed by atoms with E-state index in [1.165, 1.54) is 13.4 Å². The fourth-order valence-corrected chi connectivity index (χ4v) is 2.93. The zero-order chi connectivity index (χ0) is 11.4. The number of methoxy groups -OCH3 is 1. The van der Waals surface area contributed by atoms with Crippen molar-refractivity contribution >= 4 is 5.97 Å². The van der Waals surface area contributed by atoms with Gasteiger partial charge in [0.25, 0.3) is 5.82 Å². The highest BCUT2D eigenvalue weighted by atomic mass is 19.1. The minimum Gasteiger partial charge on any atom is -0.463 e. The van der Waals surface area contributed by atoms with E-state index in [1.54, 1.807) is 4.68 Å². The molecular formula is C10H12FN3O2. The molecule has 0 aliphatic heterocycles. The van der Waals surface area contributed by atoms with Crippen LogP contribution in [0.1, 0.15) is 29.9 Å². The van der Waals surface area contributed by atoms with Crippen LogP contribution in [0.5, 0.6) is 0 Å². The zero-order valence-corrected chi connectivity index (χ0v) is 8.94. The van der Waals surface area contributed by atoms with Crippen molar-refractivity contribution in [2.45, 2.75) is 31.5 Å². The summed E-state index contributed by atoms with van der Waals surface area (Å²) in [7, 11) is 1.29. The first-order valence-corrected chi connectivity index (χ1v) is 5.21. The third-order valence-electron chi connectivity index (χ3n) is 3.48. The Kier molecular flexibility index (Phi) is 1.71. The summed E-state index contributed by atoms with van der Waals surface area (Å²) in [5.41, 5.74) is -0.832. The van der Waals surface area contributed by atoms with Crippen LogP contribution in [0.2, 0.25) is 0 Å². The average Bonchev–Trinajstić information content (AvgIpc) is 2.61. The third-order valence-corrected chi connectivity index (χ3v) is 3.48. The van der Waals surface area contributed by atoms with Crippen LogP contribution in [0.15, 0.2) is 6.33 Å². The van der Waals surface area contributed by atoms with Gasteiger partial charge in [-0.2, -0.15) is 0 Å². The smallest absolute Gasteiger partial charge is 0.377 e. The van der Waals surface area contributed by atoms with Crippen molar-refractivity contribution < 1.29 is 13.9 Å². The molecule has 0 N–H and O–H groups in total. The van der Waals surface area contributed by atoms with E-state index in [1.807, 2.05) is 0 Å². The predicted octanol–water partition coefficient (Wildman–Crippen LogP) is 0.957. The molecule has 0 saturated heterocycles. The lowest BCUT2D eigenvalue weighted by Crippen LogP contribution is -2.65. The van der Waals surface area contributed by atoms with Crippen molar-refractivity contribution in [1.29, 1.82) is 0 Å². The highest BCUT2D eigenvalue weighted by Gasteiger charge is 2.69. The molecule has 0 radical (unpaired) electrons. The van der Waals surface area contributed by atoms with Gasteiger partial charge < -0.3 is 4.74 Å². The number of esters is 1. The SMILES string of the molecule is COC(=O)c1ncn(CC23CC(F)(C2)C3)n1. The number of halogens is 1. The number of hydrogen-bond donors (Lipinski definition) is 0. The van der Waals surface area contributed by atoms with Gasteiger partial charge in [-0.3, -0.25) is 4.68 Å². The molecule has 3 aliphatic rings. The Balaban J connectivity index is 1.68. The molecular weight excluding hydrogens is 213 g/mol.